The Morgan fingerprint density at radius 1 is 1.17 bits per heavy atom. The van der Waals surface area contributed by atoms with Crippen LogP contribution in [0.2, 0.25) is 0 Å². The maximum Gasteiger partial charge on any atom is 0.259 e. The number of para-hydroxylation sites is 1. The van der Waals surface area contributed by atoms with E-state index in [1.165, 1.54) is 0 Å². The lowest BCUT2D eigenvalue weighted by Gasteiger charge is -2.27. The number of anilines is 1. The van der Waals surface area contributed by atoms with Crippen molar-refractivity contribution in [2.45, 2.75) is 13.1 Å². The standard InChI is InChI=1S/C21H24N4O3.ClH/c1-27-12-11-24-9-10-25-18-8-7-15(13-17(18)23-20(25)14-24)22-21(26)16-5-3-4-6-19(16)28-2;/h3-8,13H,9-12,14H2,1-2H3,(H,22,26);1H. The molecule has 0 unspecified atom stereocenters. The molecule has 154 valence electrons. The van der Waals surface area contributed by atoms with Crippen LogP contribution >= 0.6 is 12.4 Å². The van der Waals surface area contributed by atoms with Gasteiger partial charge in [0.25, 0.3) is 5.91 Å². The summed E-state index contributed by atoms with van der Waals surface area (Å²) >= 11 is 0. The van der Waals surface area contributed by atoms with Gasteiger partial charge < -0.3 is 19.4 Å². The highest BCUT2D eigenvalue weighted by Gasteiger charge is 2.20. The van der Waals surface area contributed by atoms with Crippen molar-refractivity contribution in [1.82, 2.24) is 14.5 Å². The summed E-state index contributed by atoms with van der Waals surface area (Å²) < 4.78 is 12.7. The normalized spacial score (nSPS) is 13.6. The molecule has 0 fully saturated rings. The number of hydrogen-bond acceptors (Lipinski definition) is 5. The van der Waals surface area contributed by atoms with Gasteiger partial charge in [-0.25, -0.2) is 4.98 Å². The third kappa shape index (κ3) is 4.37. The molecule has 0 saturated carbocycles. The molecule has 1 aromatic heterocycles. The summed E-state index contributed by atoms with van der Waals surface area (Å²) in [5.74, 6) is 1.40. The molecule has 0 bridgehead atoms. The van der Waals surface area contributed by atoms with E-state index in [2.05, 4.69) is 14.8 Å². The van der Waals surface area contributed by atoms with Gasteiger partial charge in [-0.15, -0.1) is 12.4 Å². The number of carbonyl (C=O) groups is 1. The molecule has 1 N–H and O–H groups in total. The highest BCUT2D eigenvalue weighted by atomic mass is 35.5. The van der Waals surface area contributed by atoms with E-state index in [4.69, 9.17) is 14.5 Å². The zero-order valence-corrected chi connectivity index (χ0v) is 17.4. The molecule has 3 aromatic rings. The van der Waals surface area contributed by atoms with Crippen LogP contribution in [0.15, 0.2) is 42.5 Å². The second kappa shape index (κ2) is 9.26. The van der Waals surface area contributed by atoms with E-state index < -0.39 is 0 Å². The van der Waals surface area contributed by atoms with Crippen LogP contribution in [0.5, 0.6) is 5.75 Å². The Kier molecular flexibility index (Phi) is 6.74. The van der Waals surface area contributed by atoms with Crippen LogP contribution in [0.1, 0.15) is 16.2 Å². The summed E-state index contributed by atoms with van der Waals surface area (Å²) in [6.07, 6.45) is 0. The number of imidazole rings is 1. The van der Waals surface area contributed by atoms with Gasteiger partial charge >= 0.3 is 0 Å². The molecule has 0 spiro atoms. The average molecular weight is 417 g/mol. The largest absolute Gasteiger partial charge is 0.496 e. The molecule has 1 aliphatic heterocycles. The van der Waals surface area contributed by atoms with Crippen molar-refractivity contribution in [2.24, 2.45) is 0 Å². The van der Waals surface area contributed by atoms with E-state index in [9.17, 15) is 4.79 Å². The molecule has 0 radical (unpaired) electrons. The van der Waals surface area contributed by atoms with Crippen molar-refractivity contribution in [3.63, 3.8) is 0 Å². The molecule has 29 heavy (non-hydrogen) atoms. The zero-order valence-electron chi connectivity index (χ0n) is 16.6. The lowest BCUT2D eigenvalue weighted by Crippen LogP contribution is -2.35. The molecule has 2 aromatic carbocycles. The molecule has 0 atom stereocenters. The first-order valence-electron chi connectivity index (χ1n) is 9.34. The van der Waals surface area contributed by atoms with E-state index in [0.717, 1.165) is 55.3 Å². The predicted octanol–water partition coefficient (Wildman–Crippen LogP) is 3.18. The van der Waals surface area contributed by atoms with Gasteiger partial charge in [-0.2, -0.15) is 0 Å². The summed E-state index contributed by atoms with van der Waals surface area (Å²) in [6.45, 7) is 4.32. The van der Waals surface area contributed by atoms with Gasteiger partial charge in [0.1, 0.15) is 11.6 Å². The van der Waals surface area contributed by atoms with Gasteiger partial charge in [-0.05, 0) is 30.3 Å². The fourth-order valence-corrected chi connectivity index (χ4v) is 3.59. The molecule has 1 amide bonds. The van der Waals surface area contributed by atoms with E-state index >= 15 is 0 Å². The molecular weight excluding hydrogens is 392 g/mol. The Bertz CT molecular complexity index is 1000. The number of halogens is 1. The van der Waals surface area contributed by atoms with Crippen molar-refractivity contribution < 1.29 is 14.3 Å². The number of nitrogens with zero attached hydrogens (tertiary/aromatic N) is 3. The van der Waals surface area contributed by atoms with E-state index in [1.807, 2.05) is 30.3 Å². The van der Waals surface area contributed by atoms with Crippen molar-refractivity contribution in [3.05, 3.63) is 53.9 Å². The minimum absolute atomic E-state index is 0. The number of fused-ring (bicyclic) bond motifs is 3. The molecule has 0 aliphatic carbocycles. The smallest absolute Gasteiger partial charge is 0.259 e. The van der Waals surface area contributed by atoms with Gasteiger partial charge in [0.2, 0.25) is 0 Å². The highest BCUT2D eigenvalue weighted by molar-refractivity contribution is 6.06. The molecule has 8 heteroatoms. The SMILES string of the molecule is COCCN1CCn2c(nc3cc(NC(=O)c4ccccc4OC)ccc32)C1.Cl. The van der Waals surface area contributed by atoms with Gasteiger partial charge in [0.15, 0.2) is 0 Å². The van der Waals surface area contributed by atoms with Crippen molar-refractivity contribution in [3.8, 4) is 5.75 Å². The third-order valence-corrected chi connectivity index (χ3v) is 5.05. The first-order valence-corrected chi connectivity index (χ1v) is 9.34. The van der Waals surface area contributed by atoms with E-state index in [-0.39, 0.29) is 18.3 Å². The van der Waals surface area contributed by atoms with Gasteiger partial charge in [0, 0.05) is 32.4 Å². The average Bonchev–Trinajstić information content (AvgIpc) is 3.08. The molecule has 0 saturated heterocycles. The van der Waals surface area contributed by atoms with Crippen LogP contribution in [0.25, 0.3) is 11.0 Å². The van der Waals surface area contributed by atoms with Crippen LogP contribution in [0.3, 0.4) is 0 Å². The second-order valence-corrected chi connectivity index (χ2v) is 6.81. The van der Waals surface area contributed by atoms with Crippen LogP contribution in [-0.2, 0) is 17.8 Å². The number of ether oxygens (including phenoxy) is 2. The summed E-state index contributed by atoms with van der Waals surface area (Å²) in [5.41, 5.74) is 3.20. The van der Waals surface area contributed by atoms with Gasteiger partial charge in [-0.1, -0.05) is 12.1 Å². The summed E-state index contributed by atoms with van der Waals surface area (Å²) in [6, 6.07) is 13.0. The second-order valence-electron chi connectivity index (χ2n) is 6.81. The van der Waals surface area contributed by atoms with Crippen LogP contribution in [0.4, 0.5) is 5.69 Å². The summed E-state index contributed by atoms with van der Waals surface area (Å²) in [5, 5.41) is 2.95. The predicted molar refractivity (Wildman–Crippen MR) is 115 cm³/mol. The van der Waals surface area contributed by atoms with Crippen molar-refractivity contribution in [1.29, 1.82) is 0 Å². The van der Waals surface area contributed by atoms with Crippen molar-refractivity contribution in [2.75, 3.05) is 39.2 Å². The van der Waals surface area contributed by atoms with Crippen LogP contribution < -0.4 is 10.1 Å². The van der Waals surface area contributed by atoms with Crippen LogP contribution in [0, 0.1) is 0 Å². The molecule has 7 nitrogen and oxygen atoms in total. The molecular formula is C21H25ClN4O3. The molecule has 2 heterocycles. The first kappa shape index (κ1) is 21.1. The Labute approximate surface area is 176 Å². The summed E-state index contributed by atoms with van der Waals surface area (Å²) in [4.78, 5) is 19.8. The number of methoxy groups -OCH3 is 2. The van der Waals surface area contributed by atoms with E-state index in [1.54, 1.807) is 26.4 Å². The number of nitrogens with one attached hydrogen (secondary N) is 1. The third-order valence-electron chi connectivity index (χ3n) is 5.05. The Morgan fingerprint density at radius 2 is 2.00 bits per heavy atom. The lowest BCUT2D eigenvalue weighted by atomic mass is 10.2. The van der Waals surface area contributed by atoms with Crippen LogP contribution in [-0.4, -0.2) is 54.3 Å². The minimum Gasteiger partial charge on any atom is -0.496 e. The zero-order chi connectivity index (χ0) is 19.5. The fraction of sp³-hybridized carbons (Fsp3) is 0.333. The first-order chi connectivity index (χ1) is 13.7. The van der Waals surface area contributed by atoms with Gasteiger partial charge in [0.05, 0.1) is 36.9 Å². The Morgan fingerprint density at radius 3 is 2.79 bits per heavy atom. The number of hydrogen-bond donors (Lipinski definition) is 1. The highest BCUT2D eigenvalue weighted by Crippen LogP contribution is 2.25. The maximum absolute atomic E-state index is 12.6. The monoisotopic (exact) mass is 416 g/mol. The minimum atomic E-state index is -0.202. The lowest BCUT2D eigenvalue weighted by molar-refractivity contribution is 0.102. The quantitative estimate of drug-likeness (QED) is 0.668. The number of rotatable bonds is 6. The number of aromatic nitrogens is 2. The number of amides is 1. The molecule has 4 rings (SSSR count). The molecule has 1 aliphatic rings. The number of benzene rings is 2. The Balaban J connectivity index is 0.00000240. The fourth-order valence-electron chi connectivity index (χ4n) is 3.59. The number of carbonyl (C=O) groups excluding carboxylic acids is 1. The topological polar surface area (TPSA) is 68.6 Å². The van der Waals surface area contributed by atoms with Gasteiger partial charge in [-0.3, -0.25) is 9.69 Å². The maximum atomic E-state index is 12.6. The van der Waals surface area contributed by atoms with E-state index in [0.29, 0.717) is 11.3 Å². The van der Waals surface area contributed by atoms with Crippen molar-refractivity contribution >= 4 is 35.0 Å². The Hall–Kier alpha value is -2.61. The summed E-state index contributed by atoms with van der Waals surface area (Å²) in [7, 11) is 3.28.